The van der Waals surface area contributed by atoms with Crippen molar-refractivity contribution in [3.05, 3.63) is 39.8 Å². The first-order valence-electron chi connectivity index (χ1n) is 6.09. The van der Waals surface area contributed by atoms with Crippen molar-refractivity contribution >= 4 is 27.7 Å². The van der Waals surface area contributed by atoms with Crippen molar-refractivity contribution in [2.75, 3.05) is 19.4 Å². The number of nitrogens with one attached hydrogen (secondary N) is 2. The van der Waals surface area contributed by atoms with E-state index in [1.54, 1.807) is 20.3 Å². The molecule has 7 heteroatoms. The number of carbonyl (C=O) groups excluding carboxylic acids is 1. The molecule has 106 valence electrons. The maximum atomic E-state index is 11.9. The van der Waals surface area contributed by atoms with Gasteiger partial charge in [0.05, 0.1) is 18.4 Å². The molecule has 20 heavy (non-hydrogen) atoms. The van der Waals surface area contributed by atoms with Gasteiger partial charge < -0.3 is 10.2 Å². The third kappa shape index (κ3) is 3.16. The number of aromatic amines is 1. The minimum Gasteiger partial charge on any atom is -0.364 e. The van der Waals surface area contributed by atoms with E-state index in [0.717, 1.165) is 15.7 Å². The topological polar surface area (TPSA) is 73.9 Å². The van der Waals surface area contributed by atoms with E-state index in [4.69, 9.17) is 0 Å². The summed E-state index contributed by atoms with van der Waals surface area (Å²) in [4.78, 5) is 17.8. The molecule has 2 aromatic heterocycles. The molecule has 2 heterocycles. The lowest BCUT2D eigenvalue weighted by atomic mass is 10.2. The Morgan fingerprint density at radius 2 is 2.20 bits per heavy atom. The molecule has 2 N–H and O–H groups in total. The summed E-state index contributed by atoms with van der Waals surface area (Å²) in [7, 11) is 3.41. The van der Waals surface area contributed by atoms with Crippen molar-refractivity contribution < 1.29 is 4.79 Å². The minimum atomic E-state index is -0.0961. The molecule has 6 nitrogen and oxygen atoms in total. The van der Waals surface area contributed by atoms with Gasteiger partial charge in [-0.2, -0.15) is 5.10 Å². The van der Waals surface area contributed by atoms with E-state index in [1.165, 1.54) is 11.1 Å². The van der Waals surface area contributed by atoms with Crippen LogP contribution in [0.25, 0.3) is 0 Å². The molecular formula is C13H16BrN5O. The van der Waals surface area contributed by atoms with Gasteiger partial charge in [0.15, 0.2) is 0 Å². The number of H-pyrrole nitrogens is 1. The van der Waals surface area contributed by atoms with Crippen LogP contribution in [0.15, 0.2) is 22.9 Å². The van der Waals surface area contributed by atoms with Crippen molar-refractivity contribution in [1.82, 2.24) is 20.1 Å². The molecule has 0 aliphatic carbocycles. The molecule has 0 aliphatic rings. The fourth-order valence-electron chi connectivity index (χ4n) is 1.70. The number of carbonyl (C=O) groups is 1. The first-order valence-corrected chi connectivity index (χ1v) is 6.88. The van der Waals surface area contributed by atoms with Gasteiger partial charge in [0.25, 0.3) is 5.91 Å². The predicted octanol–water partition coefficient (Wildman–Crippen LogP) is 2.19. The molecule has 0 saturated carbocycles. The standard InChI is InChI=1S/C13H16BrN5O/c1-8-4-9(15-7-11(8)14)5-16-12-10(6-17-18-12)13(20)19(2)3/h4,6-7H,5H2,1-3H3,(H2,16,17,18). The lowest BCUT2D eigenvalue weighted by Crippen LogP contribution is -2.22. The number of hydrogen-bond donors (Lipinski definition) is 2. The van der Waals surface area contributed by atoms with Crippen molar-refractivity contribution in [3.63, 3.8) is 0 Å². The van der Waals surface area contributed by atoms with Crippen LogP contribution in [0, 0.1) is 6.92 Å². The average molecular weight is 338 g/mol. The Morgan fingerprint density at radius 1 is 1.45 bits per heavy atom. The lowest BCUT2D eigenvalue weighted by molar-refractivity contribution is 0.0828. The second kappa shape index (κ2) is 6.04. The largest absolute Gasteiger partial charge is 0.364 e. The van der Waals surface area contributed by atoms with Crippen LogP contribution < -0.4 is 5.32 Å². The summed E-state index contributed by atoms with van der Waals surface area (Å²) in [6, 6.07) is 1.99. The Morgan fingerprint density at radius 3 is 2.85 bits per heavy atom. The van der Waals surface area contributed by atoms with Crippen LogP contribution in [0.3, 0.4) is 0 Å². The van der Waals surface area contributed by atoms with Crippen LogP contribution >= 0.6 is 15.9 Å². The highest BCUT2D eigenvalue weighted by Gasteiger charge is 2.15. The molecule has 0 saturated heterocycles. The quantitative estimate of drug-likeness (QED) is 0.896. The van der Waals surface area contributed by atoms with Gasteiger partial charge in [0, 0.05) is 24.8 Å². The third-order valence-corrected chi connectivity index (χ3v) is 3.66. The SMILES string of the molecule is Cc1cc(CNc2[nH]ncc2C(=O)N(C)C)ncc1Br. The van der Waals surface area contributed by atoms with E-state index in [1.807, 2.05) is 13.0 Å². The molecule has 0 spiro atoms. The summed E-state index contributed by atoms with van der Waals surface area (Å²) < 4.78 is 0.978. The van der Waals surface area contributed by atoms with Crippen LogP contribution in [0.4, 0.5) is 5.82 Å². The molecule has 2 aromatic rings. The van der Waals surface area contributed by atoms with E-state index in [-0.39, 0.29) is 5.91 Å². The number of hydrogen-bond acceptors (Lipinski definition) is 4. The third-order valence-electron chi connectivity index (χ3n) is 2.83. The first kappa shape index (κ1) is 14.5. The van der Waals surface area contributed by atoms with Gasteiger partial charge in [-0.15, -0.1) is 0 Å². The second-order valence-corrected chi connectivity index (χ2v) is 5.49. The molecular weight excluding hydrogens is 322 g/mol. The Kier molecular flexibility index (Phi) is 4.39. The molecule has 0 radical (unpaired) electrons. The Balaban J connectivity index is 2.10. The van der Waals surface area contributed by atoms with E-state index >= 15 is 0 Å². The van der Waals surface area contributed by atoms with Crippen LogP contribution in [0.1, 0.15) is 21.6 Å². The van der Waals surface area contributed by atoms with Gasteiger partial charge in [0.2, 0.25) is 0 Å². The average Bonchev–Trinajstić information content (AvgIpc) is 2.87. The Labute approximate surface area is 125 Å². The van der Waals surface area contributed by atoms with Crippen LogP contribution in [-0.4, -0.2) is 40.1 Å². The lowest BCUT2D eigenvalue weighted by Gasteiger charge is -2.11. The first-order chi connectivity index (χ1) is 9.49. The maximum absolute atomic E-state index is 11.9. The molecule has 1 amide bonds. The van der Waals surface area contributed by atoms with E-state index in [9.17, 15) is 4.79 Å². The van der Waals surface area contributed by atoms with Crippen molar-refractivity contribution in [1.29, 1.82) is 0 Å². The fourth-order valence-corrected chi connectivity index (χ4v) is 1.91. The second-order valence-electron chi connectivity index (χ2n) is 4.64. The number of nitrogens with zero attached hydrogens (tertiary/aromatic N) is 3. The summed E-state index contributed by atoms with van der Waals surface area (Å²) in [6.07, 6.45) is 3.29. The highest BCUT2D eigenvalue weighted by molar-refractivity contribution is 9.10. The van der Waals surface area contributed by atoms with Gasteiger partial charge in [-0.25, -0.2) is 0 Å². The van der Waals surface area contributed by atoms with E-state index in [2.05, 4.69) is 36.4 Å². The van der Waals surface area contributed by atoms with Gasteiger partial charge in [0.1, 0.15) is 11.4 Å². The number of anilines is 1. The number of aryl methyl sites for hydroxylation is 1. The number of pyridine rings is 1. The fraction of sp³-hybridized carbons (Fsp3) is 0.308. The molecule has 2 rings (SSSR count). The molecule has 0 aromatic carbocycles. The van der Waals surface area contributed by atoms with Gasteiger partial charge >= 0.3 is 0 Å². The van der Waals surface area contributed by atoms with Crippen LogP contribution in [-0.2, 0) is 6.54 Å². The van der Waals surface area contributed by atoms with E-state index in [0.29, 0.717) is 17.9 Å². The smallest absolute Gasteiger partial charge is 0.258 e. The van der Waals surface area contributed by atoms with Crippen LogP contribution in [0.2, 0.25) is 0 Å². The van der Waals surface area contributed by atoms with Crippen molar-refractivity contribution in [2.24, 2.45) is 0 Å². The Bertz CT molecular complexity index is 623. The predicted molar refractivity (Wildman–Crippen MR) is 80.6 cm³/mol. The van der Waals surface area contributed by atoms with Crippen molar-refractivity contribution in [3.8, 4) is 0 Å². The molecule has 0 bridgehead atoms. The number of amides is 1. The van der Waals surface area contributed by atoms with Gasteiger partial charge in [-0.1, -0.05) is 0 Å². The zero-order valence-electron chi connectivity index (χ0n) is 11.6. The Hall–Kier alpha value is -1.89. The summed E-state index contributed by atoms with van der Waals surface area (Å²) in [6.45, 7) is 2.52. The van der Waals surface area contributed by atoms with Gasteiger partial charge in [-0.05, 0) is 34.5 Å². The summed E-state index contributed by atoms with van der Waals surface area (Å²) in [5.41, 5.74) is 2.53. The molecule has 0 unspecified atom stereocenters. The number of halogens is 1. The van der Waals surface area contributed by atoms with Crippen molar-refractivity contribution in [2.45, 2.75) is 13.5 Å². The molecule has 0 aliphatic heterocycles. The highest BCUT2D eigenvalue weighted by atomic mass is 79.9. The highest BCUT2D eigenvalue weighted by Crippen LogP contribution is 2.17. The summed E-state index contributed by atoms with van der Waals surface area (Å²) in [5.74, 6) is 0.507. The maximum Gasteiger partial charge on any atom is 0.258 e. The molecule has 0 fully saturated rings. The molecule has 0 atom stereocenters. The minimum absolute atomic E-state index is 0.0961. The number of aromatic nitrogens is 3. The van der Waals surface area contributed by atoms with E-state index < -0.39 is 0 Å². The van der Waals surface area contributed by atoms with Crippen LogP contribution in [0.5, 0.6) is 0 Å². The summed E-state index contributed by atoms with van der Waals surface area (Å²) >= 11 is 3.42. The van der Waals surface area contributed by atoms with Gasteiger partial charge in [-0.3, -0.25) is 14.9 Å². The monoisotopic (exact) mass is 337 g/mol. The number of rotatable bonds is 4. The normalized spacial score (nSPS) is 10.4. The summed E-state index contributed by atoms with van der Waals surface area (Å²) in [5, 5.41) is 9.85. The zero-order chi connectivity index (χ0) is 14.7. The zero-order valence-corrected chi connectivity index (χ0v) is 13.2.